The van der Waals surface area contributed by atoms with Crippen LogP contribution < -0.4 is 0 Å². The van der Waals surface area contributed by atoms with E-state index in [1.807, 2.05) is 53.3 Å². The van der Waals surface area contributed by atoms with Gasteiger partial charge in [0.15, 0.2) is 0 Å². The van der Waals surface area contributed by atoms with E-state index in [0.29, 0.717) is 19.4 Å². The van der Waals surface area contributed by atoms with Crippen LogP contribution in [0.25, 0.3) is 11.3 Å². The molecule has 1 N–H and O–H groups in total. The van der Waals surface area contributed by atoms with Crippen LogP contribution in [0, 0.1) is 0 Å². The molecule has 0 fully saturated rings. The summed E-state index contributed by atoms with van der Waals surface area (Å²) in [5, 5.41) is 14.1. The topological polar surface area (TPSA) is 64.3 Å². The van der Waals surface area contributed by atoms with E-state index in [9.17, 15) is 9.90 Å². The van der Waals surface area contributed by atoms with E-state index in [1.165, 1.54) is 7.11 Å². The van der Waals surface area contributed by atoms with Crippen molar-refractivity contribution in [3.63, 3.8) is 0 Å². The maximum atomic E-state index is 11.5. The van der Waals surface area contributed by atoms with Crippen molar-refractivity contribution in [1.82, 2.24) is 9.78 Å². The molecule has 0 saturated heterocycles. The third-order valence-electron chi connectivity index (χ3n) is 3.99. The number of aromatic nitrogens is 2. The Morgan fingerprint density at radius 2 is 1.84 bits per heavy atom. The zero-order chi connectivity index (χ0) is 17.6. The third-order valence-corrected chi connectivity index (χ3v) is 3.99. The highest BCUT2D eigenvalue weighted by Crippen LogP contribution is 2.24. The van der Waals surface area contributed by atoms with Crippen molar-refractivity contribution < 1.29 is 14.6 Å². The fraction of sp³-hybridized carbons (Fsp3) is 0.200. The average Bonchev–Trinajstić information content (AvgIpc) is 3.05. The van der Waals surface area contributed by atoms with Crippen LogP contribution >= 0.6 is 0 Å². The molecule has 3 rings (SSSR count). The van der Waals surface area contributed by atoms with Crippen molar-refractivity contribution in [2.75, 3.05) is 7.11 Å². The molecule has 0 saturated carbocycles. The van der Waals surface area contributed by atoms with E-state index >= 15 is 0 Å². The van der Waals surface area contributed by atoms with Crippen molar-refractivity contribution in [2.45, 2.75) is 19.4 Å². The Labute approximate surface area is 146 Å². The first-order valence-electron chi connectivity index (χ1n) is 8.12. The van der Waals surface area contributed by atoms with Crippen LogP contribution in [0.4, 0.5) is 0 Å². The quantitative estimate of drug-likeness (QED) is 0.701. The monoisotopic (exact) mass is 336 g/mol. The van der Waals surface area contributed by atoms with Crippen molar-refractivity contribution in [2.24, 2.45) is 0 Å². The fourth-order valence-electron chi connectivity index (χ4n) is 2.69. The van der Waals surface area contributed by atoms with Gasteiger partial charge < -0.3 is 9.84 Å². The predicted molar refractivity (Wildman–Crippen MR) is 95.2 cm³/mol. The van der Waals surface area contributed by atoms with Crippen LogP contribution in [0.1, 0.15) is 17.5 Å². The van der Waals surface area contributed by atoms with Gasteiger partial charge in [-0.25, -0.2) is 0 Å². The Hall–Kier alpha value is -3.08. The second-order valence-electron chi connectivity index (χ2n) is 5.81. The fourth-order valence-corrected chi connectivity index (χ4v) is 2.69. The molecule has 0 spiro atoms. The number of benzene rings is 2. The lowest BCUT2D eigenvalue weighted by molar-refractivity contribution is -0.140. The largest absolute Gasteiger partial charge is 0.508 e. The molecular weight excluding hydrogens is 316 g/mol. The molecule has 25 heavy (non-hydrogen) atoms. The van der Waals surface area contributed by atoms with Gasteiger partial charge in [0, 0.05) is 18.2 Å². The Kier molecular flexibility index (Phi) is 5.14. The number of aryl methyl sites for hydroxylation is 1. The van der Waals surface area contributed by atoms with Crippen LogP contribution in [0.2, 0.25) is 0 Å². The molecule has 0 aliphatic rings. The van der Waals surface area contributed by atoms with Crippen molar-refractivity contribution in [3.05, 3.63) is 71.9 Å². The molecule has 0 unspecified atom stereocenters. The van der Waals surface area contributed by atoms with E-state index < -0.39 is 0 Å². The number of carbonyl (C=O) groups is 1. The summed E-state index contributed by atoms with van der Waals surface area (Å²) in [5.74, 6) is 0.0123. The van der Waals surface area contributed by atoms with Gasteiger partial charge in [0.1, 0.15) is 5.75 Å². The summed E-state index contributed by atoms with van der Waals surface area (Å²) < 4.78 is 6.60. The van der Waals surface area contributed by atoms with Gasteiger partial charge in [-0.15, -0.1) is 0 Å². The van der Waals surface area contributed by atoms with Gasteiger partial charge in [-0.05, 0) is 29.7 Å². The minimum atomic E-state index is -0.231. The van der Waals surface area contributed by atoms with Gasteiger partial charge in [0.25, 0.3) is 0 Å². The van der Waals surface area contributed by atoms with E-state index in [0.717, 1.165) is 22.4 Å². The average molecular weight is 336 g/mol. The number of carbonyl (C=O) groups excluding carboxylic acids is 1. The first kappa shape index (κ1) is 16.8. The number of rotatable bonds is 6. The minimum Gasteiger partial charge on any atom is -0.508 e. The molecule has 0 aliphatic carbocycles. The lowest BCUT2D eigenvalue weighted by Gasteiger charge is -2.02. The maximum absolute atomic E-state index is 11.5. The van der Waals surface area contributed by atoms with Gasteiger partial charge in [-0.1, -0.05) is 42.5 Å². The Bertz CT molecular complexity index is 839. The number of hydrogen-bond acceptors (Lipinski definition) is 4. The number of nitrogens with zero attached hydrogens (tertiary/aromatic N) is 2. The highest BCUT2D eigenvalue weighted by molar-refractivity contribution is 5.70. The molecule has 3 aromatic rings. The molecule has 0 radical (unpaired) electrons. The van der Waals surface area contributed by atoms with Crippen molar-refractivity contribution in [3.8, 4) is 17.0 Å². The number of phenols is 1. The summed E-state index contributed by atoms with van der Waals surface area (Å²) in [6.07, 6.45) is 2.87. The Morgan fingerprint density at radius 1 is 1.12 bits per heavy atom. The van der Waals surface area contributed by atoms with Gasteiger partial charge in [-0.3, -0.25) is 9.48 Å². The highest BCUT2D eigenvalue weighted by Gasteiger charge is 2.13. The van der Waals surface area contributed by atoms with Crippen molar-refractivity contribution >= 4 is 5.97 Å². The summed E-state index contributed by atoms with van der Waals surface area (Å²) in [7, 11) is 1.40. The molecule has 128 valence electrons. The summed E-state index contributed by atoms with van der Waals surface area (Å²) in [6.45, 7) is 0.596. The van der Waals surface area contributed by atoms with Crippen LogP contribution in [0.3, 0.4) is 0 Å². The van der Waals surface area contributed by atoms with E-state index in [1.54, 1.807) is 12.1 Å². The SMILES string of the molecule is COC(=O)CCc1cn(Cc2ccc(O)cc2)nc1-c1ccccc1. The lowest BCUT2D eigenvalue weighted by atomic mass is 10.0. The smallest absolute Gasteiger partial charge is 0.305 e. The molecular formula is C20H20N2O3. The lowest BCUT2D eigenvalue weighted by Crippen LogP contribution is -2.02. The molecule has 1 aromatic heterocycles. The van der Waals surface area contributed by atoms with E-state index in [2.05, 4.69) is 0 Å². The molecule has 1 heterocycles. The van der Waals surface area contributed by atoms with Crippen LogP contribution in [-0.2, 0) is 22.5 Å². The third kappa shape index (κ3) is 4.26. The van der Waals surface area contributed by atoms with Crippen LogP contribution in [0.15, 0.2) is 60.8 Å². The van der Waals surface area contributed by atoms with Gasteiger partial charge >= 0.3 is 5.97 Å². The second-order valence-corrected chi connectivity index (χ2v) is 5.81. The molecule has 5 nitrogen and oxygen atoms in total. The number of hydrogen-bond donors (Lipinski definition) is 1. The number of aromatic hydroxyl groups is 1. The zero-order valence-corrected chi connectivity index (χ0v) is 14.1. The van der Waals surface area contributed by atoms with Crippen LogP contribution in [0.5, 0.6) is 5.75 Å². The highest BCUT2D eigenvalue weighted by atomic mass is 16.5. The predicted octanol–water partition coefficient (Wildman–Crippen LogP) is 3.41. The standard InChI is InChI=1S/C20H20N2O3/c1-25-19(24)12-9-17-14-22(13-15-7-10-18(23)11-8-15)21-20(17)16-5-3-2-4-6-16/h2-8,10-11,14,23H,9,12-13H2,1H3. The number of esters is 1. The van der Waals surface area contributed by atoms with Gasteiger partial charge in [0.2, 0.25) is 0 Å². The second kappa shape index (κ2) is 7.66. The minimum absolute atomic E-state index is 0.231. The molecule has 0 aliphatic heterocycles. The first-order chi connectivity index (χ1) is 12.2. The van der Waals surface area contributed by atoms with Gasteiger partial charge in [0.05, 0.1) is 19.3 Å². The molecule has 2 aromatic carbocycles. The van der Waals surface area contributed by atoms with E-state index in [-0.39, 0.29) is 11.7 Å². The maximum Gasteiger partial charge on any atom is 0.305 e. The summed E-state index contributed by atoms with van der Waals surface area (Å²) >= 11 is 0. The summed E-state index contributed by atoms with van der Waals surface area (Å²) in [5.41, 5.74) is 3.95. The summed E-state index contributed by atoms with van der Waals surface area (Å²) in [4.78, 5) is 11.5. The molecule has 0 bridgehead atoms. The van der Waals surface area contributed by atoms with E-state index in [4.69, 9.17) is 9.84 Å². The Morgan fingerprint density at radius 3 is 2.52 bits per heavy atom. The number of ether oxygens (including phenoxy) is 1. The van der Waals surface area contributed by atoms with Crippen molar-refractivity contribution in [1.29, 1.82) is 0 Å². The van der Waals surface area contributed by atoms with Gasteiger partial charge in [-0.2, -0.15) is 5.10 Å². The first-order valence-corrected chi connectivity index (χ1v) is 8.12. The molecule has 5 heteroatoms. The zero-order valence-electron chi connectivity index (χ0n) is 14.1. The Balaban J connectivity index is 1.88. The van der Waals surface area contributed by atoms with Crippen LogP contribution in [-0.4, -0.2) is 28.0 Å². The molecule has 0 atom stereocenters. The number of phenolic OH excluding ortho intramolecular Hbond substituents is 1. The molecule has 0 amide bonds. The normalized spacial score (nSPS) is 10.6. The number of methoxy groups -OCH3 is 1. The summed E-state index contributed by atoms with van der Waals surface area (Å²) in [6, 6.07) is 17.0.